The number of hydrogen-bond donors (Lipinski definition) is 1. The highest BCUT2D eigenvalue weighted by molar-refractivity contribution is 7.98. The van der Waals surface area contributed by atoms with Crippen LogP contribution in [0.3, 0.4) is 0 Å². The van der Waals surface area contributed by atoms with Crippen molar-refractivity contribution in [1.82, 2.24) is 10.3 Å². The maximum absolute atomic E-state index is 4.36. The summed E-state index contributed by atoms with van der Waals surface area (Å²) in [5.74, 6) is 0. The molecule has 0 radical (unpaired) electrons. The van der Waals surface area contributed by atoms with E-state index in [2.05, 4.69) is 54.7 Å². The molecule has 2 rings (SSSR count). The standard InChI is InChI=1S/C14H18N2S2/c1-10-8-16-14(18-10)9-15-11(2)12-4-6-13(17-3)7-5-12/h4-8,11,15H,9H2,1-3H3. The number of benzene rings is 1. The summed E-state index contributed by atoms with van der Waals surface area (Å²) in [5.41, 5.74) is 1.32. The first-order valence-corrected chi connectivity index (χ1v) is 8.02. The minimum absolute atomic E-state index is 0.352. The van der Waals surface area contributed by atoms with Gasteiger partial charge in [0.1, 0.15) is 5.01 Å². The SMILES string of the molecule is CSc1ccc(C(C)NCc2ncc(C)s2)cc1. The van der Waals surface area contributed by atoms with Gasteiger partial charge >= 0.3 is 0 Å². The minimum Gasteiger partial charge on any atom is -0.304 e. The highest BCUT2D eigenvalue weighted by atomic mass is 32.2. The number of rotatable bonds is 5. The first-order valence-electron chi connectivity index (χ1n) is 5.97. The molecule has 0 aliphatic heterocycles. The molecule has 0 spiro atoms. The van der Waals surface area contributed by atoms with Crippen molar-refractivity contribution >= 4 is 23.1 Å². The van der Waals surface area contributed by atoms with Gasteiger partial charge in [-0.05, 0) is 37.8 Å². The number of thioether (sulfide) groups is 1. The van der Waals surface area contributed by atoms with E-state index < -0.39 is 0 Å². The Hall–Kier alpha value is -0.840. The third-order valence-electron chi connectivity index (χ3n) is 2.84. The average molecular weight is 278 g/mol. The Morgan fingerprint density at radius 2 is 2.06 bits per heavy atom. The fraction of sp³-hybridized carbons (Fsp3) is 0.357. The molecule has 1 N–H and O–H groups in total. The normalized spacial score (nSPS) is 12.6. The summed E-state index contributed by atoms with van der Waals surface area (Å²) in [6, 6.07) is 9.08. The quantitative estimate of drug-likeness (QED) is 0.836. The highest BCUT2D eigenvalue weighted by Crippen LogP contribution is 2.19. The van der Waals surface area contributed by atoms with Crippen LogP contribution in [0, 0.1) is 6.92 Å². The summed E-state index contributed by atoms with van der Waals surface area (Å²) in [4.78, 5) is 6.94. The molecule has 1 unspecified atom stereocenters. The van der Waals surface area contributed by atoms with Crippen LogP contribution in [0.2, 0.25) is 0 Å². The number of nitrogens with zero attached hydrogens (tertiary/aromatic N) is 1. The maximum Gasteiger partial charge on any atom is 0.107 e. The molecule has 1 atom stereocenters. The van der Waals surface area contributed by atoms with Crippen LogP contribution >= 0.6 is 23.1 Å². The molecule has 96 valence electrons. The first kappa shape index (κ1) is 13.6. The lowest BCUT2D eigenvalue weighted by atomic mass is 10.1. The van der Waals surface area contributed by atoms with E-state index in [-0.39, 0.29) is 0 Å². The fourth-order valence-corrected chi connectivity index (χ4v) is 2.88. The van der Waals surface area contributed by atoms with Gasteiger partial charge in [0.25, 0.3) is 0 Å². The molecule has 0 aliphatic rings. The van der Waals surface area contributed by atoms with Gasteiger partial charge in [0.2, 0.25) is 0 Å². The molecule has 2 aromatic rings. The fourth-order valence-electron chi connectivity index (χ4n) is 1.73. The molecule has 18 heavy (non-hydrogen) atoms. The van der Waals surface area contributed by atoms with Crippen LogP contribution in [-0.4, -0.2) is 11.2 Å². The van der Waals surface area contributed by atoms with Crippen molar-refractivity contribution in [3.8, 4) is 0 Å². The largest absolute Gasteiger partial charge is 0.304 e. The van der Waals surface area contributed by atoms with Crippen molar-refractivity contribution in [1.29, 1.82) is 0 Å². The van der Waals surface area contributed by atoms with Crippen LogP contribution in [-0.2, 0) is 6.54 Å². The number of nitrogens with one attached hydrogen (secondary N) is 1. The van der Waals surface area contributed by atoms with Crippen LogP contribution in [0.25, 0.3) is 0 Å². The molecule has 1 aromatic carbocycles. The summed E-state index contributed by atoms with van der Waals surface area (Å²) in [6.45, 7) is 5.12. The third-order valence-corrected chi connectivity index (χ3v) is 4.50. The molecule has 0 amide bonds. The van der Waals surface area contributed by atoms with E-state index in [0.717, 1.165) is 11.6 Å². The summed E-state index contributed by atoms with van der Waals surface area (Å²) >= 11 is 3.53. The molecule has 0 aliphatic carbocycles. The van der Waals surface area contributed by atoms with E-state index >= 15 is 0 Å². The summed E-state index contributed by atoms with van der Waals surface area (Å²) < 4.78 is 0. The summed E-state index contributed by atoms with van der Waals surface area (Å²) in [7, 11) is 0. The van der Waals surface area contributed by atoms with Gasteiger partial charge in [-0.1, -0.05) is 12.1 Å². The molecular formula is C14H18N2S2. The topological polar surface area (TPSA) is 24.9 Å². The van der Waals surface area contributed by atoms with Crippen molar-refractivity contribution < 1.29 is 0 Å². The van der Waals surface area contributed by atoms with Gasteiger partial charge in [-0.3, -0.25) is 0 Å². The van der Waals surface area contributed by atoms with Gasteiger partial charge in [-0.15, -0.1) is 23.1 Å². The Labute approximate surface area is 117 Å². The molecular weight excluding hydrogens is 260 g/mol. The van der Waals surface area contributed by atoms with Crippen LogP contribution < -0.4 is 5.32 Å². The lowest BCUT2D eigenvalue weighted by molar-refractivity contribution is 0.573. The Morgan fingerprint density at radius 3 is 2.61 bits per heavy atom. The molecule has 1 aromatic heterocycles. The predicted molar refractivity (Wildman–Crippen MR) is 80.3 cm³/mol. The Bertz CT molecular complexity index is 491. The van der Waals surface area contributed by atoms with Gasteiger partial charge < -0.3 is 5.32 Å². The highest BCUT2D eigenvalue weighted by Gasteiger charge is 2.06. The zero-order chi connectivity index (χ0) is 13.0. The van der Waals surface area contributed by atoms with Crippen molar-refractivity contribution in [2.24, 2.45) is 0 Å². The lowest BCUT2D eigenvalue weighted by Crippen LogP contribution is -2.17. The minimum atomic E-state index is 0.352. The van der Waals surface area contributed by atoms with Gasteiger partial charge in [0, 0.05) is 28.6 Å². The smallest absolute Gasteiger partial charge is 0.107 e. The van der Waals surface area contributed by atoms with E-state index in [1.165, 1.54) is 15.3 Å². The van der Waals surface area contributed by atoms with E-state index in [4.69, 9.17) is 0 Å². The first-order chi connectivity index (χ1) is 8.69. The Balaban J connectivity index is 1.92. The zero-order valence-corrected chi connectivity index (χ0v) is 12.6. The van der Waals surface area contributed by atoms with E-state index in [1.54, 1.807) is 23.1 Å². The summed E-state index contributed by atoms with van der Waals surface area (Å²) in [6.07, 6.45) is 4.03. The monoisotopic (exact) mass is 278 g/mol. The molecule has 1 heterocycles. The second kappa shape index (κ2) is 6.36. The van der Waals surface area contributed by atoms with E-state index in [0.29, 0.717) is 6.04 Å². The molecule has 0 bridgehead atoms. The second-order valence-corrected chi connectivity index (χ2v) is 6.44. The number of thiazole rings is 1. The molecule has 4 heteroatoms. The number of aromatic nitrogens is 1. The number of aryl methyl sites for hydroxylation is 1. The van der Waals surface area contributed by atoms with Crippen molar-refractivity contribution in [2.45, 2.75) is 31.3 Å². The van der Waals surface area contributed by atoms with Gasteiger partial charge in [0.15, 0.2) is 0 Å². The van der Waals surface area contributed by atoms with Crippen molar-refractivity contribution in [3.63, 3.8) is 0 Å². The lowest BCUT2D eigenvalue weighted by Gasteiger charge is -2.13. The van der Waals surface area contributed by atoms with Crippen molar-refractivity contribution in [2.75, 3.05) is 6.26 Å². The summed E-state index contributed by atoms with van der Waals surface area (Å²) in [5, 5.41) is 4.66. The molecule has 0 saturated heterocycles. The van der Waals surface area contributed by atoms with Crippen LogP contribution in [0.4, 0.5) is 0 Å². The van der Waals surface area contributed by atoms with Gasteiger partial charge in [-0.2, -0.15) is 0 Å². The van der Waals surface area contributed by atoms with Crippen LogP contribution in [0.5, 0.6) is 0 Å². The second-order valence-electron chi connectivity index (χ2n) is 4.24. The van der Waals surface area contributed by atoms with Crippen LogP contribution in [0.15, 0.2) is 35.4 Å². The molecule has 0 fully saturated rings. The zero-order valence-electron chi connectivity index (χ0n) is 10.9. The molecule has 0 saturated carbocycles. The molecule has 2 nitrogen and oxygen atoms in total. The van der Waals surface area contributed by atoms with E-state index in [9.17, 15) is 0 Å². The Kier molecular flexibility index (Phi) is 4.80. The predicted octanol–water partition coefficient (Wildman–Crippen LogP) is 4.02. The number of hydrogen-bond acceptors (Lipinski definition) is 4. The van der Waals surface area contributed by atoms with Crippen LogP contribution in [0.1, 0.15) is 28.4 Å². The maximum atomic E-state index is 4.36. The Morgan fingerprint density at radius 1 is 1.33 bits per heavy atom. The van der Waals surface area contributed by atoms with Crippen molar-refractivity contribution in [3.05, 3.63) is 45.9 Å². The average Bonchev–Trinajstić information content (AvgIpc) is 2.82. The van der Waals surface area contributed by atoms with Gasteiger partial charge in [-0.25, -0.2) is 4.98 Å². The third kappa shape index (κ3) is 3.57. The van der Waals surface area contributed by atoms with E-state index in [1.807, 2.05) is 6.20 Å². The van der Waals surface area contributed by atoms with Gasteiger partial charge in [0.05, 0.1) is 0 Å².